The van der Waals surface area contributed by atoms with Crippen LogP contribution in [0.2, 0.25) is 0 Å². The first-order chi connectivity index (χ1) is 16.6. The minimum absolute atomic E-state index is 0.0291. The molecule has 3 atom stereocenters. The summed E-state index contributed by atoms with van der Waals surface area (Å²) < 4.78 is 74.2. The first-order valence-corrected chi connectivity index (χ1v) is 10.3. The molecule has 3 heterocycles. The van der Waals surface area contributed by atoms with Gasteiger partial charge in [0.25, 0.3) is 0 Å². The van der Waals surface area contributed by atoms with Gasteiger partial charge in [-0.2, -0.15) is 4.98 Å². The van der Waals surface area contributed by atoms with Crippen molar-refractivity contribution in [2.75, 3.05) is 23.8 Å². The number of aromatic nitrogens is 4. The Labute approximate surface area is 186 Å². The molecule has 2 aromatic heterocycles. The number of nitrogens with zero attached hydrogens (tertiary/aromatic N) is 4. The molecule has 1 aliphatic heterocycles. The van der Waals surface area contributed by atoms with Crippen LogP contribution in [-0.4, -0.2) is 50.0 Å². The molecule has 1 aliphatic carbocycles. The van der Waals surface area contributed by atoms with Crippen molar-refractivity contribution in [1.82, 2.24) is 19.5 Å². The van der Waals surface area contributed by atoms with Crippen LogP contribution in [0.3, 0.4) is 0 Å². The molecule has 1 saturated carbocycles. The van der Waals surface area contributed by atoms with Gasteiger partial charge in [-0.3, -0.25) is 4.57 Å². The summed E-state index contributed by atoms with van der Waals surface area (Å²) in [4.78, 5) is 13.0. The van der Waals surface area contributed by atoms with Gasteiger partial charge in [0.1, 0.15) is 17.0 Å². The van der Waals surface area contributed by atoms with E-state index in [0.717, 1.165) is 0 Å². The summed E-state index contributed by atoms with van der Waals surface area (Å²) in [6, 6.07) is -0.940. The maximum absolute atomic E-state index is 14.3. The number of nitrogens with one attached hydrogen (secondary N) is 2. The van der Waals surface area contributed by atoms with Gasteiger partial charge in [0, 0.05) is 27.5 Å². The second kappa shape index (κ2) is 8.55. The van der Waals surface area contributed by atoms with Gasteiger partial charge in [0.05, 0.1) is 26.3 Å². The lowest BCUT2D eigenvalue weighted by molar-refractivity contribution is 0.126. The number of rotatable bonds is 5. The van der Waals surface area contributed by atoms with Crippen LogP contribution < -0.4 is 10.6 Å². The van der Waals surface area contributed by atoms with E-state index in [1.54, 1.807) is 4.57 Å². The van der Waals surface area contributed by atoms with E-state index in [2.05, 4.69) is 25.6 Å². The summed E-state index contributed by atoms with van der Waals surface area (Å²) in [5.74, 6) is -3.30. The van der Waals surface area contributed by atoms with E-state index >= 15 is 0 Å². The third kappa shape index (κ3) is 4.09. The Hall–Kier alpha value is -2.92. The van der Waals surface area contributed by atoms with Crippen molar-refractivity contribution in [1.29, 1.82) is 0 Å². The number of halogens is 3. The number of aliphatic hydroxyl groups is 1. The van der Waals surface area contributed by atoms with Crippen LogP contribution in [-0.2, 0) is 4.74 Å². The van der Waals surface area contributed by atoms with E-state index < -0.39 is 41.6 Å². The van der Waals surface area contributed by atoms with Gasteiger partial charge in [-0.05, 0) is 32.1 Å². The molecule has 3 N–H and O–H groups in total. The molecule has 3 unspecified atom stereocenters. The van der Waals surface area contributed by atoms with Crippen LogP contribution in [0.4, 0.5) is 30.8 Å². The molecule has 0 spiro atoms. The first kappa shape index (κ1) is 17.6. The molecule has 5 rings (SSSR count). The molecule has 2 fully saturated rings. The molecule has 1 aromatic carbocycles. The lowest BCUT2D eigenvalue weighted by Crippen LogP contribution is -2.29. The Morgan fingerprint density at radius 3 is 2.69 bits per heavy atom. The average molecular weight is 451 g/mol. The topological polar surface area (TPSA) is 97.1 Å². The lowest BCUT2D eigenvalue weighted by atomic mass is 9.93. The van der Waals surface area contributed by atoms with Gasteiger partial charge < -0.3 is 20.5 Å². The van der Waals surface area contributed by atoms with E-state index in [1.807, 2.05) is 0 Å². The number of benzene rings is 1. The summed E-state index contributed by atoms with van der Waals surface area (Å²) >= 11 is 0. The lowest BCUT2D eigenvalue weighted by Gasteiger charge is -2.26. The molecule has 11 heteroatoms. The van der Waals surface area contributed by atoms with Gasteiger partial charge in [0.15, 0.2) is 17.3 Å². The predicted octanol–water partition coefficient (Wildman–Crippen LogP) is 3.66. The maximum Gasteiger partial charge on any atom is 0.224 e. The summed E-state index contributed by atoms with van der Waals surface area (Å²) in [5.41, 5.74) is -0.00957. The van der Waals surface area contributed by atoms with Gasteiger partial charge in [-0.25, -0.2) is 23.1 Å². The molecule has 0 amide bonds. The van der Waals surface area contributed by atoms with E-state index in [0.29, 0.717) is 31.8 Å². The van der Waals surface area contributed by atoms with Crippen molar-refractivity contribution in [3.8, 4) is 0 Å². The molecule has 2 aliphatic rings. The monoisotopic (exact) mass is 451 g/mol. The van der Waals surface area contributed by atoms with E-state index in [9.17, 15) is 18.3 Å². The second-order valence-electron chi connectivity index (χ2n) is 7.77. The van der Waals surface area contributed by atoms with Gasteiger partial charge in [0.2, 0.25) is 11.9 Å². The Morgan fingerprint density at radius 1 is 1.16 bits per heavy atom. The summed E-state index contributed by atoms with van der Waals surface area (Å²) in [7, 11) is 0. The molecule has 170 valence electrons. The quantitative estimate of drug-likeness (QED) is 0.545. The highest BCUT2D eigenvalue weighted by molar-refractivity contribution is 5.76. The first-order valence-electron chi connectivity index (χ1n) is 11.8. The summed E-state index contributed by atoms with van der Waals surface area (Å²) in [6.45, 7) is 0.752. The summed E-state index contributed by atoms with van der Waals surface area (Å²) in [5, 5.41) is 15.2. The van der Waals surface area contributed by atoms with Crippen LogP contribution in [0.25, 0.3) is 11.2 Å². The Kier molecular flexibility index (Phi) is 4.71. The molecule has 0 bridgehead atoms. The standard InChI is InChI=1S/C21H23F3N6O2/c22-11-7-15(23)18(16(24)8-11)28-21-27-17-9-25-20(26-12-1-3-14(31)4-2-12)29-19(17)30(21)13-5-6-32-10-13/h7-9,12-14,31H,1-6,10H2,(H,27,28)(H,25,26,29)/i1D2,12D. The normalized spacial score (nSPS) is 28.8. The number of anilines is 3. The number of ether oxygens (including phenoxy) is 1. The highest BCUT2D eigenvalue weighted by atomic mass is 19.1. The molecule has 1 saturated heterocycles. The van der Waals surface area contributed by atoms with Crippen LogP contribution in [0.15, 0.2) is 18.3 Å². The number of hydrogen-bond donors (Lipinski definition) is 3. The van der Waals surface area contributed by atoms with E-state index in [4.69, 9.17) is 8.85 Å². The summed E-state index contributed by atoms with van der Waals surface area (Å²) in [6.07, 6.45) is -0.871. The number of fused-ring (bicyclic) bond motifs is 1. The van der Waals surface area contributed by atoms with Crippen molar-refractivity contribution < 1.29 is 27.1 Å². The van der Waals surface area contributed by atoms with Gasteiger partial charge in [-0.15, -0.1) is 0 Å². The third-order valence-electron chi connectivity index (χ3n) is 5.49. The zero-order valence-electron chi connectivity index (χ0n) is 19.9. The predicted molar refractivity (Wildman–Crippen MR) is 111 cm³/mol. The number of aliphatic hydroxyl groups excluding tert-OH is 1. The van der Waals surface area contributed by atoms with Gasteiger partial charge >= 0.3 is 0 Å². The molecule has 0 radical (unpaired) electrons. The van der Waals surface area contributed by atoms with E-state index in [1.165, 1.54) is 6.20 Å². The van der Waals surface area contributed by atoms with Crippen molar-refractivity contribution in [3.63, 3.8) is 0 Å². The fraction of sp³-hybridized carbons (Fsp3) is 0.476. The van der Waals surface area contributed by atoms with Crippen molar-refractivity contribution >= 4 is 28.7 Å². The van der Waals surface area contributed by atoms with Crippen LogP contribution >= 0.6 is 0 Å². The zero-order chi connectivity index (χ0) is 25.0. The number of imidazole rings is 1. The molecular weight excluding hydrogens is 425 g/mol. The largest absolute Gasteiger partial charge is 0.393 e. The van der Waals surface area contributed by atoms with Gasteiger partial charge in [-0.1, -0.05) is 0 Å². The SMILES string of the molecule is [2H]C1([2H])CC(O)CCC1([2H])Nc1ncc2nc(Nc3c(F)cc(F)cc3F)n(C3CCOC3)c2n1. The van der Waals surface area contributed by atoms with Crippen LogP contribution in [0.1, 0.15) is 42.2 Å². The van der Waals surface area contributed by atoms with Crippen LogP contribution in [0.5, 0.6) is 0 Å². The molecular formula is C21H23F3N6O2. The Bertz CT molecular complexity index is 1250. The minimum atomic E-state index is -2.05. The minimum Gasteiger partial charge on any atom is -0.393 e. The molecule has 8 nitrogen and oxygen atoms in total. The van der Waals surface area contributed by atoms with Crippen molar-refractivity contribution in [2.24, 2.45) is 0 Å². The molecule has 3 aromatic rings. The Balaban J connectivity index is 1.55. The maximum atomic E-state index is 14.3. The highest BCUT2D eigenvalue weighted by Crippen LogP contribution is 2.32. The fourth-order valence-corrected chi connectivity index (χ4v) is 3.87. The smallest absolute Gasteiger partial charge is 0.224 e. The second-order valence-corrected chi connectivity index (χ2v) is 7.77. The van der Waals surface area contributed by atoms with Crippen LogP contribution in [0, 0.1) is 17.5 Å². The van der Waals surface area contributed by atoms with Crippen molar-refractivity contribution in [3.05, 3.63) is 35.8 Å². The Morgan fingerprint density at radius 2 is 1.97 bits per heavy atom. The number of hydrogen-bond acceptors (Lipinski definition) is 7. The third-order valence-corrected chi connectivity index (χ3v) is 5.49. The zero-order valence-corrected chi connectivity index (χ0v) is 16.9. The van der Waals surface area contributed by atoms with E-state index in [-0.39, 0.29) is 48.4 Å². The van der Waals surface area contributed by atoms with Crippen molar-refractivity contribution in [2.45, 2.75) is 50.2 Å². The highest BCUT2D eigenvalue weighted by Gasteiger charge is 2.27. The average Bonchev–Trinajstić information content (AvgIpc) is 3.40. The molecule has 32 heavy (non-hydrogen) atoms. The fourth-order valence-electron chi connectivity index (χ4n) is 3.87.